The smallest absolute Gasteiger partial charge is 0.309 e. The van der Waals surface area contributed by atoms with Crippen molar-refractivity contribution in [3.05, 3.63) is 28.8 Å². The molecule has 98 valence electrons. The molecule has 0 atom stereocenters. The Morgan fingerprint density at radius 1 is 1.33 bits per heavy atom. The molecule has 18 heavy (non-hydrogen) atoms. The number of carbonyl (C=O) groups excluding carboxylic acids is 2. The van der Waals surface area contributed by atoms with Crippen LogP contribution in [-0.2, 0) is 16.0 Å². The number of benzene rings is 1. The van der Waals surface area contributed by atoms with Crippen molar-refractivity contribution in [3.8, 4) is 5.75 Å². The summed E-state index contributed by atoms with van der Waals surface area (Å²) in [4.78, 5) is 21.6. The van der Waals surface area contributed by atoms with Gasteiger partial charge in [0.2, 0.25) is 0 Å². The van der Waals surface area contributed by atoms with Gasteiger partial charge in [0.05, 0.1) is 7.11 Å². The van der Waals surface area contributed by atoms with E-state index in [9.17, 15) is 9.59 Å². The van der Waals surface area contributed by atoms with Gasteiger partial charge in [-0.05, 0) is 31.4 Å². The zero-order valence-corrected chi connectivity index (χ0v) is 10.9. The van der Waals surface area contributed by atoms with Crippen molar-refractivity contribution in [2.45, 2.75) is 20.3 Å². The second-order valence-corrected chi connectivity index (χ2v) is 4.14. The molecule has 0 radical (unpaired) electrons. The lowest BCUT2D eigenvalue weighted by Gasteiger charge is -2.13. The lowest BCUT2D eigenvalue weighted by atomic mass is 10.0. The van der Waals surface area contributed by atoms with Crippen molar-refractivity contribution in [1.29, 1.82) is 0 Å². The molecule has 5 nitrogen and oxygen atoms in total. The minimum atomic E-state index is -0.970. The average molecular weight is 250 g/mol. The molecule has 0 heterocycles. The number of ether oxygens (including phenoxy) is 1. The van der Waals surface area contributed by atoms with E-state index in [1.807, 2.05) is 26.0 Å². The minimum Gasteiger partial charge on any atom is -0.496 e. The first kappa shape index (κ1) is 14.0. The molecular formula is C13H18N2O3. The van der Waals surface area contributed by atoms with E-state index in [0.717, 1.165) is 22.4 Å². The van der Waals surface area contributed by atoms with Crippen molar-refractivity contribution >= 4 is 11.8 Å². The fourth-order valence-corrected chi connectivity index (χ4v) is 1.92. The summed E-state index contributed by atoms with van der Waals surface area (Å²) in [5.74, 6) is -0.922. The second-order valence-electron chi connectivity index (χ2n) is 4.14. The molecule has 0 aliphatic heterocycles. The first-order valence-electron chi connectivity index (χ1n) is 5.67. The van der Waals surface area contributed by atoms with E-state index in [1.54, 1.807) is 7.11 Å². The van der Waals surface area contributed by atoms with Crippen LogP contribution in [-0.4, -0.2) is 25.5 Å². The number of amides is 2. The molecule has 1 aromatic carbocycles. The van der Waals surface area contributed by atoms with Crippen molar-refractivity contribution in [3.63, 3.8) is 0 Å². The van der Waals surface area contributed by atoms with Crippen molar-refractivity contribution < 1.29 is 14.3 Å². The molecule has 0 saturated carbocycles. The Bertz CT molecular complexity index is 470. The van der Waals surface area contributed by atoms with Crippen LogP contribution in [0.15, 0.2) is 12.1 Å². The van der Waals surface area contributed by atoms with Crippen LogP contribution in [0.2, 0.25) is 0 Å². The van der Waals surface area contributed by atoms with Crippen LogP contribution < -0.4 is 15.8 Å². The molecule has 5 heteroatoms. The third-order valence-corrected chi connectivity index (χ3v) is 2.60. The summed E-state index contributed by atoms with van der Waals surface area (Å²) < 4.78 is 5.33. The van der Waals surface area contributed by atoms with Crippen LogP contribution in [0.5, 0.6) is 5.75 Å². The van der Waals surface area contributed by atoms with Gasteiger partial charge in [-0.15, -0.1) is 0 Å². The number of nitrogens with two attached hydrogens (primary N) is 1. The zero-order valence-electron chi connectivity index (χ0n) is 10.9. The monoisotopic (exact) mass is 250 g/mol. The Labute approximate surface area is 106 Å². The molecule has 0 bridgehead atoms. The Balaban J connectivity index is 2.72. The lowest BCUT2D eigenvalue weighted by molar-refractivity contribution is -0.137. The van der Waals surface area contributed by atoms with E-state index in [0.29, 0.717) is 13.0 Å². The molecule has 0 spiro atoms. The molecule has 0 fully saturated rings. The molecule has 0 saturated heterocycles. The van der Waals surface area contributed by atoms with Gasteiger partial charge < -0.3 is 15.8 Å². The van der Waals surface area contributed by atoms with Crippen LogP contribution in [0.3, 0.4) is 0 Å². The maximum absolute atomic E-state index is 11.0. The fourth-order valence-electron chi connectivity index (χ4n) is 1.92. The van der Waals surface area contributed by atoms with E-state index < -0.39 is 11.8 Å². The number of hydrogen-bond acceptors (Lipinski definition) is 3. The highest BCUT2D eigenvalue weighted by atomic mass is 16.5. The van der Waals surface area contributed by atoms with Gasteiger partial charge in [-0.3, -0.25) is 9.59 Å². The standard InChI is InChI=1S/C13H18N2O3/c1-8-6-9(2)11(18-3)10(7-8)4-5-15-13(17)12(14)16/h6-7H,4-5H2,1-3H3,(H2,14,16)(H,15,17). The van der Waals surface area contributed by atoms with E-state index in [-0.39, 0.29) is 0 Å². The quantitative estimate of drug-likeness (QED) is 0.761. The van der Waals surface area contributed by atoms with Crippen LogP contribution >= 0.6 is 0 Å². The fraction of sp³-hybridized carbons (Fsp3) is 0.385. The predicted molar refractivity (Wildman–Crippen MR) is 68.4 cm³/mol. The van der Waals surface area contributed by atoms with Crippen molar-refractivity contribution in [1.82, 2.24) is 5.32 Å². The topological polar surface area (TPSA) is 81.4 Å². The molecular weight excluding hydrogens is 232 g/mol. The maximum atomic E-state index is 11.0. The Kier molecular flexibility index (Phi) is 4.71. The third-order valence-electron chi connectivity index (χ3n) is 2.60. The molecule has 0 unspecified atom stereocenters. The lowest BCUT2D eigenvalue weighted by Crippen LogP contribution is -2.37. The maximum Gasteiger partial charge on any atom is 0.309 e. The first-order valence-corrected chi connectivity index (χ1v) is 5.67. The highest BCUT2D eigenvalue weighted by Crippen LogP contribution is 2.25. The molecule has 3 N–H and O–H groups in total. The predicted octanol–water partition coefficient (Wildman–Crippen LogP) is 0.456. The SMILES string of the molecule is COc1c(C)cc(C)cc1CCNC(=O)C(N)=O. The van der Waals surface area contributed by atoms with Gasteiger partial charge in [-0.2, -0.15) is 0 Å². The molecule has 0 aromatic heterocycles. The number of hydrogen-bond donors (Lipinski definition) is 2. The van der Waals surface area contributed by atoms with Gasteiger partial charge in [-0.1, -0.05) is 17.7 Å². The summed E-state index contributed by atoms with van der Waals surface area (Å²) in [6.07, 6.45) is 0.588. The molecule has 0 aliphatic rings. The Morgan fingerprint density at radius 2 is 2.00 bits per heavy atom. The number of rotatable bonds is 4. The third kappa shape index (κ3) is 3.48. The summed E-state index contributed by atoms with van der Waals surface area (Å²) in [5, 5.41) is 2.45. The number of methoxy groups -OCH3 is 1. The van der Waals surface area contributed by atoms with Gasteiger partial charge in [-0.25, -0.2) is 0 Å². The largest absolute Gasteiger partial charge is 0.496 e. The number of primary amides is 1. The van der Waals surface area contributed by atoms with Gasteiger partial charge in [0.1, 0.15) is 5.75 Å². The zero-order chi connectivity index (χ0) is 13.7. The Hall–Kier alpha value is -2.04. The molecule has 1 aromatic rings. The van der Waals surface area contributed by atoms with E-state index in [1.165, 1.54) is 0 Å². The van der Waals surface area contributed by atoms with Crippen molar-refractivity contribution in [2.24, 2.45) is 5.73 Å². The number of aryl methyl sites for hydroxylation is 2. The van der Waals surface area contributed by atoms with E-state index in [4.69, 9.17) is 10.5 Å². The minimum absolute atomic E-state index is 0.348. The highest BCUT2D eigenvalue weighted by molar-refractivity contribution is 6.34. The summed E-state index contributed by atoms with van der Waals surface area (Å²) >= 11 is 0. The van der Waals surface area contributed by atoms with E-state index in [2.05, 4.69) is 5.32 Å². The van der Waals surface area contributed by atoms with Gasteiger partial charge in [0.15, 0.2) is 0 Å². The Morgan fingerprint density at radius 3 is 2.56 bits per heavy atom. The second kappa shape index (κ2) is 6.05. The van der Waals surface area contributed by atoms with Crippen molar-refractivity contribution in [2.75, 3.05) is 13.7 Å². The normalized spacial score (nSPS) is 9.94. The summed E-state index contributed by atoms with van der Waals surface area (Å²) in [6.45, 7) is 4.32. The van der Waals surface area contributed by atoms with Crippen LogP contribution in [0.1, 0.15) is 16.7 Å². The van der Waals surface area contributed by atoms with Gasteiger partial charge >= 0.3 is 11.8 Å². The van der Waals surface area contributed by atoms with E-state index >= 15 is 0 Å². The highest BCUT2D eigenvalue weighted by Gasteiger charge is 2.10. The van der Waals surface area contributed by atoms with Crippen LogP contribution in [0.4, 0.5) is 0 Å². The molecule has 2 amide bonds. The number of nitrogens with one attached hydrogen (secondary N) is 1. The van der Waals surface area contributed by atoms with Gasteiger partial charge in [0.25, 0.3) is 0 Å². The summed E-state index contributed by atoms with van der Waals surface area (Å²) in [5.41, 5.74) is 8.02. The summed E-state index contributed by atoms with van der Waals surface area (Å²) in [7, 11) is 1.61. The van der Waals surface area contributed by atoms with Crippen LogP contribution in [0.25, 0.3) is 0 Å². The first-order chi connectivity index (χ1) is 8.45. The molecule has 0 aliphatic carbocycles. The molecule has 1 rings (SSSR count). The average Bonchev–Trinajstić information content (AvgIpc) is 2.28. The summed E-state index contributed by atoms with van der Waals surface area (Å²) in [6, 6.07) is 4.03. The number of carbonyl (C=O) groups is 2. The van der Waals surface area contributed by atoms with Crippen LogP contribution in [0, 0.1) is 13.8 Å². The van der Waals surface area contributed by atoms with Gasteiger partial charge in [0, 0.05) is 6.54 Å².